The van der Waals surface area contributed by atoms with Gasteiger partial charge in [-0.2, -0.15) is 0 Å². The van der Waals surface area contributed by atoms with Crippen molar-refractivity contribution in [2.24, 2.45) is 11.1 Å². The number of ether oxygens (including phenoxy) is 1. The standard InChI is InChI=1S/C14H17NO3/c16-14(11-6-2-1-3-7-11)18-10-12-8-4-5-9-13(12)15-17/h1-3,6-7,12,17H,4-5,8-10H2/b15-13-. The highest BCUT2D eigenvalue weighted by atomic mass is 16.5. The van der Waals surface area contributed by atoms with Crippen molar-refractivity contribution in [1.82, 2.24) is 0 Å². The van der Waals surface area contributed by atoms with Crippen LogP contribution in [0.3, 0.4) is 0 Å². The molecule has 2 rings (SSSR count). The van der Waals surface area contributed by atoms with Crippen LogP contribution in [-0.2, 0) is 4.74 Å². The van der Waals surface area contributed by atoms with E-state index in [4.69, 9.17) is 9.94 Å². The van der Waals surface area contributed by atoms with Crippen LogP contribution in [0.25, 0.3) is 0 Å². The molecule has 1 saturated carbocycles. The summed E-state index contributed by atoms with van der Waals surface area (Å²) in [7, 11) is 0. The van der Waals surface area contributed by atoms with Gasteiger partial charge in [0, 0.05) is 5.92 Å². The molecule has 0 aliphatic heterocycles. The zero-order chi connectivity index (χ0) is 12.8. The third-order valence-corrected chi connectivity index (χ3v) is 3.26. The van der Waals surface area contributed by atoms with Gasteiger partial charge >= 0.3 is 5.97 Å². The molecule has 0 aromatic heterocycles. The molecule has 1 unspecified atom stereocenters. The predicted octanol–water partition coefficient (Wildman–Crippen LogP) is 2.86. The summed E-state index contributed by atoms with van der Waals surface area (Å²) in [5, 5.41) is 12.2. The molecule has 1 aromatic carbocycles. The number of nitrogens with zero attached hydrogens (tertiary/aromatic N) is 1. The number of carbonyl (C=O) groups excluding carboxylic acids is 1. The van der Waals surface area contributed by atoms with Gasteiger partial charge in [0.15, 0.2) is 0 Å². The maximum atomic E-state index is 11.8. The molecule has 0 amide bonds. The van der Waals surface area contributed by atoms with E-state index < -0.39 is 0 Å². The van der Waals surface area contributed by atoms with Gasteiger partial charge < -0.3 is 9.94 Å². The van der Waals surface area contributed by atoms with Crippen LogP contribution in [0.1, 0.15) is 36.0 Å². The van der Waals surface area contributed by atoms with Gasteiger partial charge in [0.25, 0.3) is 0 Å². The van der Waals surface area contributed by atoms with E-state index >= 15 is 0 Å². The van der Waals surface area contributed by atoms with Gasteiger partial charge in [-0.05, 0) is 31.4 Å². The zero-order valence-electron chi connectivity index (χ0n) is 10.2. The van der Waals surface area contributed by atoms with Crippen molar-refractivity contribution in [3.63, 3.8) is 0 Å². The summed E-state index contributed by atoms with van der Waals surface area (Å²) < 4.78 is 5.27. The Morgan fingerprint density at radius 2 is 2.11 bits per heavy atom. The lowest BCUT2D eigenvalue weighted by atomic mass is 9.88. The van der Waals surface area contributed by atoms with E-state index in [9.17, 15) is 4.79 Å². The molecule has 1 aliphatic rings. The Bertz CT molecular complexity index is 428. The lowest BCUT2D eigenvalue weighted by molar-refractivity contribution is 0.0463. The maximum absolute atomic E-state index is 11.8. The molecule has 4 heteroatoms. The molecule has 1 aliphatic carbocycles. The quantitative estimate of drug-likeness (QED) is 0.507. The van der Waals surface area contributed by atoms with E-state index in [0.717, 1.165) is 31.4 Å². The number of hydrogen-bond donors (Lipinski definition) is 1. The van der Waals surface area contributed by atoms with E-state index in [0.29, 0.717) is 12.2 Å². The number of carbonyl (C=O) groups is 1. The van der Waals surface area contributed by atoms with Crippen LogP contribution >= 0.6 is 0 Å². The summed E-state index contributed by atoms with van der Waals surface area (Å²) in [4.78, 5) is 11.8. The largest absolute Gasteiger partial charge is 0.461 e. The topological polar surface area (TPSA) is 58.9 Å². The first kappa shape index (κ1) is 12.6. The summed E-state index contributed by atoms with van der Waals surface area (Å²) >= 11 is 0. The van der Waals surface area contributed by atoms with E-state index in [1.807, 2.05) is 6.07 Å². The Labute approximate surface area is 106 Å². The Balaban J connectivity index is 1.89. The molecule has 0 saturated heterocycles. The van der Waals surface area contributed by atoms with Crippen molar-refractivity contribution in [3.05, 3.63) is 35.9 Å². The van der Waals surface area contributed by atoms with Crippen molar-refractivity contribution >= 4 is 11.7 Å². The number of esters is 1. The number of hydrogen-bond acceptors (Lipinski definition) is 4. The summed E-state index contributed by atoms with van der Waals surface area (Å²) in [6.07, 6.45) is 3.85. The van der Waals surface area contributed by atoms with Crippen molar-refractivity contribution in [2.45, 2.75) is 25.7 Å². The average molecular weight is 247 g/mol. The normalized spacial score (nSPS) is 21.8. The molecular formula is C14H17NO3. The minimum atomic E-state index is -0.321. The van der Waals surface area contributed by atoms with Gasteiger partial charge in [-0.3, -0.25) is 0 Å². The summed E-state index contributed by atoms with van der Waals surface area (Å²) in [6.45, 7) is 0.299. The number of rotatable bonds is 3. The fourth-order valence-electron chi connectivity index (χ4n) is 2.21. The molecule has 18 heavy (non-hydrogen) atoms. The molecule has 1 aromatic rings. The third-order valence-electron chi connectivity index (χ3n) is 3.26. The molecular weight excluding hydrogens is 230 g/mol. The van der Waals surface area contributed by atoms with Gasteiger partial charge in [-0.25, -0.2) is 4.79 Å². The first-order valence-corrected chi connectivity index (χ1v) is 6.24. The second-order valence-electron chi connectivity index (χ2n) is 4.50. The fourth-order valence-corrected chi connectivity index (χ4v) is 2.21. The van der Waals surface area contributed by atoms with E-state index in [2.05, 4.69) is 5.16 Å². The Morgan fingerprint density at radius 1 is 1.33 bits per heavy atom. The van der Waals surface area contributed by atoms with Crippen LogP contribution in [0, 0.1) is 5.92 Å². The third kappa shape index (κ3) is 3.09. The molecule has 0 bridgehead atoms. The monoisotopic (exact) mass is 247 g/mol. The van der Waals surface area contributed by atoms with Crippen LogP contribution in [0.15, 0.2) is 35.5 Å². The van der Waals surface area contributed by atoms with Gasteiger partial charge in [-0.1, -0.05) is 29.8 Å². The van der Waals surface area contributed by atoms with Crippen LogP contribution < -0.4 is 0 Å². The summed E-state index contributed by atoms with van der Waals surface area (Å²) in [6, 6.07) is 8.92. The first-order valence-electron chi connectivity index (χ1n) is 6.24. The lowest BCUT2D eigenvalue weighted by Crippen LogP contribution is -2.25. The smallest absolute Gasteiger partial charge is 0.338 e. The van der Waals surface area contributed by atoms with Crippen molar-refractivity contribution in [3.8, 4) is 0 Å². The summed E-state index contributed by atoms with van der Waals surface area (Å²) in [5.41, 5.74) is 1.30. The number of benzene rings is 1. The molecule has 0 radical (unpaired) electrons. The second kappa shape index (κ2) is 6.19. The van der Waals surface area contributed by atoms with E-state index in [1.54, 1.807) is 24.3 Å². The SMILES string of the molecule is O=C(OCC1CCCC/C1=N/O)c1ccccc1. The molecule has 0 heterocycles. The van der Waals surface area contributed by atoms with Crippen LogP contribution in [0.4, 0.5) is 0 Å². The Hall–Kier alpha value is -1.84. The second-order valence-corrected chi connectivity index (χ2v) is 4.50. The fraction of sp³-hybridized carbons (Fsp3) is 0.429. The minimum absolute atomic E-state index is 0.0661. The molecule has 96 valence electrons. The lowest BCUT2D eigenvalue weighted by Gasteiger charge is -2.22. The van der Waals surface area contributed by atoms with E-state index in [-0.39, 0.29) is 11.9 Å². The van der Waals surface area contributed by atoms with Crippen LogP contribution in [-0.4, -0.2) is 23.5 Å². The Morgan fingerprint density at radius 3 is 2.83 bits per heavy atom. The van der Waals surface area contributed by atoms with E-state index in [1.165, 1.54) is 0 Å². The van der Waals surface area contributed by atoms with Crippen LogP contribution in [0.5, 0.6) is 0 Å². The summed E-state index contributed by atoms with van der Waals surface area (Å²) in [5.74, 6) is -0.255. The van der Waals surface area contributed by atoms with Gasteiger partial charge in [0.1, 0.15) is 0 Å². The van der Waals surface area contributed by atoms with Crippen molar-refractivity contribution < 1.29 is 14.7 Å². The van der Waals surface area contributed by atoms with Gasteiger partial charge in [-0.15, -0.1) is 0 Å². The first-order chi connectivity index (χ1) is 8.81. The number of oxime groups is 1. The van der Waals surface area contributed by atoms with Gasteiger partial charge in [0.05, 0.1) is 17.9 Å². The minimum Gasteiger partial charge on any atom is -0.461 e. The predicted molar refractivity (Wildman–Crippen MR) is 67.9 cm³/mol. The highest BCUT2D eigenvalue weighted by Crippen LogP contribution is 2.22. The highest BCUT2D eigenvalue weighted by molar-refractivity contribution is 5.90. The average Bonchev–Trinajstić information content (AvgIpc) is 2.46. The molecule has 1 fully saturated rings. The molecule has 1 N–H and O–H groups in total. The van der Waals surface area contributed by atoms with Crippen LogP contribution in [0.2, 0.25) is 0 Å². The Kier molecular flexibility index (Phi) is 4.34. The van der Waals surface area contributed by atoms with Gasteiger partial charge in [0.2, 0.25) is 0 Å². The highest BCUT2D eigenvalue weighted by Gasteiger charge is 2.22. The molecule has 1 atom stereocenters. The van der Waals surface area contributed by atoms with Crippen molar-refractivity contribution in [2.75, 3.05) is 6.61 Å². The zero-order valence-corrected chi connectivity index (χ0v) is 10.2. The molecule has 0 spiro atoms. The maximum Gasteiger partial charge on any atom is 0.338 e. The van der Waals surface area contributed by atoms with Crippen molar-refractivity contribution in [1.29, 1.82) is 0 Å². The molecule has 4 nitrogen and oxygen atoms in total.